The van der Waals surface area contributed by atoms with Crippen molar-refractivity contribution in [1.82, 2.24) is 15.0 Å². The van der Waals surface area contributed by atoms with Crippen molar-refractivity contribution in [3.05, 3.63) is 36.8 Å². The number of halogens is 1. The number of hydrogen-bond acceptors (Lipinski definition) is 5. The van der Waals surface area contributed by atoms with Crippen molar-refractivity contribution >= 4 is 21.9 Å². The Kier molecular flexibility index (Phi) is 2.73. The van der Waals surface area contributed by atoms with Crippen LogP contribution in [0.1, 0.15) is 0 Å². The number of pyridine rings is 1. The number of aromatic nitrogens is 3. The zero-order valence-corrected chi connectivity index (χ0v) is 10.7. The van der Waals surface area contributed by atoms with Gasteiger partial charge in [0.15, 0.2) is 0 Å². The van der Waals surface area contributed by atoms with Gasteiger partial charge in [0.1, 0.15) is 0 Å². The molecule has 0 amide bonds. The Morgan fingerprint density at radius 1 is 0.941 bits per heavy atom. The fourth-order valence-electron chi connectivity index (χ4n) is 1.75. The first-order chi connectivity index (χ1) is 8.40. The Balaban J connectivity index is 2.45. The molecule has 0 unspecified atom stereocenters. The molecule has 0 fully saturated rings. The van der Waals surface area contributed by atoms with Crippen molar-refractivity contribution < 1.29 is 28.5 Å². The van der Waals surface area contributed by atoms with Gasteiger partial charge in [0.25, 0.3) is 0 Å². The summed E-state index contributed by atoms with van der Waals surface area (Å²) < 4.78 is 14.3. The number of benzene rings is 1. The minimum absolute atomic E-state index is 0.608. The summed E-state index contributed by atoms with van der Waals surface area (Å²) in [5.41, 5.74) is 2.31. The molecule has 1 N–H and O–H groups in total. The van der Waals surface area contributed by atoms with Crippen LogP contribution in [0.2, 0.25) is 0 Å². The number of rotatable bonds is 2. The van der Waals surface area contributed by atoms with Gasteiger partial charge in [-0.3, -0.25) is 0 Å². The van der Waals surface area contributed by atoms with E-state index in [1.807, 2.05) is 12.1 Å². The van der Waals surface area contributed by atoms with Gasteiger partial charge in [-0.2, -0.15) is 0 Å². The summed E-state index contributed by atoms with van der Waals surface area (Å²) >= 11 is -1.28. The normalized spacial score (nSPS) is 11.1. The second kappa shape index (κ2) is 4.38. The number of fused-ring (bicyclic) bond motifs is 3. The summed E-state index contributed by atoms with van der Waals surface area (Å²) in [5.74, 6) is 0.608. The van der Waals surface area contributed by atoms with Gasteiger partial charge >= 0.3 is 108 Å². The van der Waals surface area contributed by atoms with E-state index >= 15 is 0 Å². The van der Waals surface area contributed by atoms with Crippen molar-refractivity contribution in [1.29, 1.82) is 0 Å². The van der Waals surface area contributed by atoms with Gasteiger partial charge in [0.2, 0.25) is 0 Å². The second-order valence-electron chi connectivity index (χ2n) is 3.34. The molecule has 6 heteroatoms. The standard InChI is InChI=1S/C11H7IN3O2/c16-12-17-9-3-4-13-7-1-2-8-11(10(7)9)15-6-5-14-8/h1-6,16H/q-1. The van der Waals surface area contributed by atoms with E-state index in [0.717, 1.165) is 21.9 Å². The van der Waals surface area contributed by atoms with Crippen LogP contribution in [0, 0.1) is 0 Å². The van der Waals surface area contributed by atoms with Crippen molar-refractivity contribution in [2.75, 3.05) is 0 Å². The second-order valence-corrected chi connectivity index (χ2v) is 4.17. The first-order valence-electron chi connectivity index (χ1n) is 4.84. The van der Waals surface area contributed by atoms with Crippen molar-refractivity contribution in [3.63, 3.8) is 0 Å². The van der Waals surface area contributed by atoms with Gasteiger partial charge in [0.05, 0.1) is 0 Å². The van der Waals surface area contributed by atoms with Crippen LogP contribution in [0.3, 0.4) is 0 Å². The van der Waals surface area contributed by atoms with E-state index in [4.69, 9.17) is 6.50 Å². The quantitative estimate of drug-likeness (QED) is 0.453. The van der Waals surface area contributed by atoms with Crippen LogP contribution >= 0.6 is 0 Å². The molecule has 0 bridgehead atoms. The summed E-state index contributed by atoms with van der Waals surface area (Å²) in [5, 5.41) is 0.798. The SMILES string of the molecule is O[I-]Oc1ccnc2ccc3nccnc3c12. The van der Waals surface area contributed by atoms with E-state index in [-0.39, 0.29) is 0 Å². The van der Waals surface area contributed by atoms with Crippen molar-refractivity contribution in [3.8, 4) is 5.75 Å². The summed E-state index contributed by atoms with van der Waals surface area (Å²) in [6, 6.07) is 5.47. The molecule has 2 aromatic heterocycles. The summed E-state index contributed by atoms with van der Waals surface area (Å²) in [7, 11) is 0. The fourth-order valence-corrected chi connectivity index (χ4v) is 2.33. The summed E-state index contributed by atoms with van der Waals surface area (Å²) in [6.45, 7) is 0. The molecule has 0 radical (unpaired) electrons. The van der Waals surface area contributed by atoms with Gasteiger partial charge < -0.3 is 0 Å². The predicted octanol–water partition coefficient (Wildman–Crippen LogP) is -1.53. The number of hydrogen-bond donors (Lipinski definition) is 1. The molecule has 5 nitrogen and oxygen atoms in total. The Morgan fingerprint density at radius 3 is 2.59 bits per heavy atom. The monoisotopic (exact) mass is 340 g/mol. The molecule has 86 valence electrons. The van der Waals surface area contributed by atoms with Crippen LogP contribution in [0.5, 0.6) is 5.75 Å². The van der Waals surface area contributed by atoms with Gasteiger partial charge in [-0.25, -0.2) is 0 Å². The fraction of sp³-hybridized carbons (Fsp3) is 0. The molecule has 2 heterocycles. The average Bonchev–Trinajstić information content (AvgIpc) is 2.39. The van der Waals surface area contributed by atoms with Crippen molar-refractivity contribution in [2.45, 2.75) is 0 Å². The molecule has 0 aliphatic heterocycles. The van der Waals surface area contributed by atoms with E-state index in [2.05, 4.69) is 15.0 Å². The maximum absolute atomic E-state index is 8.98. The summed E-state index contributed by atoms with van der Waals surface area (Å²) in [4.78, 5) is 12.8. The topological polar surface area (TPSA) is 68.1 Å². The zero-order chi connectivity index (χ0) is 11.7. The van der Waals surface area contributed by atoms with Crippen LogP contribution in [-0.4, -0.2) is 18.4 Å². The first kappa shape index (κ1) is 10.6. The number of nitrogens with zero attached hydrogens (tertiary/aromatic N) is 3. The van der Waals surface area contributed by atoms with E-state index in [9.17, 15) is 0 Å². The molecule has 3 rings (SSSR count). The Labute approximate surface area is 108 Å². The van der Waals surface area contributed by atoms with Gasteiger partial charge in [-0.1, -0.05) is 0 Å². The van der Waals surface area contributed by atoms with Crippen LogP contribution < -0.4 is 25.1 Å². The summed E-state index contributed by atoms with van der Waals surface area (Å²) in [6.07, 6.45) is 4.93. The van der Waals surface area contributed by atoms with Gasteiger partial charge in [0, 0.05) is 0 Å². The van der Waals surface area contributed by atoms with E-state index < -0.39 is 22.0 Å². The van der Waals surface area contributed by atoms with E-state index in [1.165, 1.54) is 0 Å². The Morgan fingerprint density at radius 2 is 1.71 bits per heavy atom. The van der Waals surface area contributed by atoms with Gasteiger partial charge in [-0.15, -0.1) is 0 Å². The van der Waals surface area contributed by atoms with Crippen LogP contribution in [0.25, 0.3) is 21.9 Å². The van der Waals surface area contributed by atoms with E-state index in [0.29, 0.717) is 5.75 Å². The third kappa shape index (κ3) is 1.79. The minimum atomic E-state index is -1.28. The molecule has 1 aromatic carbocycles. The van der Waals surface area contributed by atoms with Gasteiger partial charge in [-0.05, 0) is 0 Å². The van der Waals surface area contributed by atoms with E-state index in [1.54, 1.807) is 24.7 Å². The molecule has 0 aliphatic rings. The molecule has 17 heavy (non-hydrogen) atoms. The first-order valence-corrected chi connectivity index (χ1v) is 6.68. The molecule has 0 saturated heterocycles. The van der Waals surface area contributed by atoms with Crippen LogP contribution in [-0.2, 0) is 0 Å². The molecular formula is C11H7IN3O2-. The predicted molar refractivity (Wildman–Crippen MR) is 57.7 cm³/mol. The molecule has 3 aromatic rings. The molecule has 0 saturated carbocycles. The third-order valence-electron chi connectivity index (χ3n) is 2.42. The van der Waals surface area contributed by atoms with Crippen LogP contribution in [0.4, 0.5) is 0 Å². The third-order valence-corrected chi connectivity index (χ3v) is 3.09. The average molecular weight is 340 g/mol. The molecule has 0 atom stereocenters. The Hall–Kier alpha value is -1.54. The molecule has 0 aliphatic carbocycles. The maximum atomic E-state index is 8.98. The zero-order valence-electron chi connectivity index (χ0n) is 8.54. The molecular weight excluding hydrogens is 333 g/mol. The van der Waals surface area contributed by atoms with Crippen molar-refractivity contribution in [2.24, 2.45) is 0 Å². The van der Waals surface area contributed by atoms with Crippen LogP contribution in [0.15, 0.2) is 36.8 Å². The molecule has 0 spiro atoms. The Bertz CT molecular complexity index is 690.